The van der Waals surface area contributed by atoms with E-state index in [-0.39, 0.29) is 43.9 Å². The first kappa shape index (κ1) is 30.0. The van der Waals surface area contributed by atoms with Gasteiger partial charge in [0.05, 0.1) is 32.3 Å². The van der Waals surface area contributed by atoms with Gasteiger partial charge in [-0.2, -0.15) is 0 Å². The van der Waals surface area contributed by atoms with Crippen molar-refractivity contribution in [3.63, 3.8) is 0 Å². The molecule has 4 atom stereocenters. The van der Waals surface area contributed by atoms with Crippen LogP contribution in [0.5, 0.6) is 11.5 Å². The normalized spacial score (nSPS) is 23.0. The van der Waals surface area contributed by atoms with Crippen LogP contribution < -0.4 is 14.8 Å². The molecule has 1 saturated carbocycles. The Labute approximate surface area is 244 Å². The SMILES string of the molecule is COc1cc(CO)cc2c1OC1C2C(C(=O)NCCO)=CC(N(CCc2cccc(F)c2)C(=O)CC2CCCC2)C1O. The lowest BCUT2D eigenvalue weighted by Crippen LogP contribution is -2.56. The quantitative estimate of drug-likeness (QED) is 0.321. The smallest absolute Gasteiger partial charge is 0.247 e. The van der Waals surface area contributed by atoms with Crippen LogP contribution >= 0.6 is 0 Å². The molecule has 0 radical (unpaired) electrons. The van der Waals surface area contributed by atoms with Crippen molar-refractivity contribution in [1.29, 1.82) is 0 Å². The van der Waals surface area contributed by atoms with Gasteiger partial charge in [0.2, 0.25) is 11.8 Å². The number of nitrogens with one attached hydrogen (secondary N) is 1. The summed E-state index contributed by atoms with van der Waals surface area (Å²) in [5.41, 5.74) is 2.16. The van der Waals surface area contributed by atoms with Crippen LogP contribution in [0.2, 0.25) is 0 Å². The predicted octanol–water partition coefficient (Wildman–Crippen LogP) is 2.60. The van der Waals surface area contributed by atoms with Gasteiger partial charge in [0.25, 0.3) is 0 Å². The van der Waals surface area contributed by atoms with Gasteiger partial charge < -0.3 is 35.0 Å². The molecular weight excluding hydrogens is 543 g/mol. The molecule has 2 aromatic rings. The summed E-state index contributed by atoms with van der Waals surface area (Å²) in [5, 5.41) is 33.7. The van der Waals surface area contributed by atoms with Crippen LogP contribution in [0.3, 0.4) is 0 Å². The molecule has 4 unspecified atom stereocenters. The number of nitrogens with zero attached hydrogens (tertiary/aromatic N) is 1. The van der Waals surface area contributed by atoms with E-state index in [2.05, 4.69) is 5.32 Å². The lowest BCUT2D eigenvalue weighted by molar-refractivity contribution is -0.138. The zero-order chi connectivity index (χ0) is 29.8. The van der Waals surface area contributed by atoms with E-state index in [1.165, 1.54) is 19.2 Å². The van der Waals surface area contributed by atoms with E-state index in [1.54, 1.807) is 35.2 Å². The third-order valence-corrected chi connectivity index (χ3v) is 8.64. The molecule has 0 bridgehead atoms. The number of ether oxygens (including phenoxy) is 2. The van der Waals surface area contributed by atoms with Crippen LogP contribution in [0.4, 0.5) is 4.39 Å². The van der Waals surface area contributed by atoms with Crippen molar-refractivity contribution in [2.45, 2.75) is 69.3 Å². The lowest BCUT2D eigenvalue weighted by atomic mass is 9.77. The van der Waals surface area contributed by atoms with Crippen LogP contribution in [0.25, 0.3) is 0 Å². The Morgan fingerprint density at radius 1 is 1.14 bits per heavy atom. The summed E-state index contributed by atoms with van der Waals surface area (Å²) < 4.78 is 25.7. The summed E-state index contributed by atoms with van der Waals surface area (Å²) in [6.07, 6.45) is 4.31. The van der Waals surface area contributed by atoms with Crippen molar-refractivity contribution in [1.82, 2.24) is 10.2 Å². The van der Waals surface area contributed by atoms with Gasteiger partial charge in [-0.05, 0) is 66.6 Å². The van der Waals surface area contributed by atoms with E-state index in [0.717, 1.165) is 25.7 Å². The molecule has 2 amide bonds. The van der Waals surface area contributed by atoms with E-state index in [4.69, 9.17) is 9.47 Å². The molecule has 0 saturated heterocycles. The number of hydrogen-bond donors (Lipinski definition) is 4. The van der Waals surface area contributed by atoms with Gasteiger partial charge in [-0.15, -0.1) is 0 Å². The highest BCUT2D eigenvalue weighted by Gasteiger charge is 2.51. The topological polar surface area (TPSA) is 129 Å². The van der Waals surface area contributed by atoms with Gasteiger partial charge in [0.15, 0.2) is 11.5 Å². The van der Waals surface area contributed by atoms with Crippen molar-refractivity contribution in [2.75, 3.05) is 26.8 Å². The van der Waals surface area contributed by atoms with E-state index >= 15 is 0 Å². The molecule has 42 heavy (non-hydrogen) atoms. The molecule has 1 aliphatic heterocycles. The number of rotatable bonds is 11. The molecule has 4 N–H and O–H groups in total. The van der Waals surface area contributed by atoms with Gasteiger partial charge in [-0.3, -0.25) is 9.59 Å². The zero-order valence-electron chi connectivity index (χ0n) is 23.8. The van der Waals surface area contributed by atoms with Crippen LogP contribution in [0.15, 0.2) is 48.0 Å². The van der Waals surface area contributed by atoms with Gasteiger partial charge >= 0.3 is 0 Å². The number of fused-ring (bicyclic) bond motifs is 3. The Balaban J connectivity index is 1.53. The average molecular weight is 583 g/mol. The van der Waals surface area contributed by atoms with Gasteiger partial charge in [-0.1, -0.05) is 25.0 Å². The van der Waals surface area contributed by atoms with Crippen molar-refractivity contribution < 1.29 is 38.8 Å². The molecule has 9 nitrogen and oxygen atoms in total. The third kappa shape index (κ3) is 6.16. The van der Waals surface area contributed by atoms with Crippen LogP contribution in [0.1, 0.15) is 54.7 Å². The van der Waals surface area contributed by atoms with Crippen LogP contribution in [-0.4, -0.2) is 77.1 Å². The second-order valence-corrected chi connectivity index (χ2v) is 11.3. The monoisotopic (exact) mass is 582 g/mol. The van der Waals surface area contributed by atoms with E-state index in [1.807, 2.05) is 0 Å². The lowest BCUT2D eigenvalue weighted by Gasteiger charge is -2.41. The minimum absolute atomic E-state index is 0.0262. The number of halogens is 1. The Hall–Kier alpha value is -3.47. The Morgan fingerprint density at radius 2 is 1.93 bits per heavy atom. The highest BCUT2D eigenvalue weighted by Crippen LogP contribution is 2.51. The van der Waals surface area contributed by atoms with Gasteiger partial charge in [-0.25, -0.2) is 4.39 Å². The molecule has 226 valence electrons. The Kier molecular flexibility index (Phi) is 9.45. The number of amides is 2. The fraction of sp³-hybridized carbons (Fsp3) is 0.500. The summed E-state index contributed by atoms with van der Waals surface area (Å²) in [4.78, 5) is 29.0. The van der Waals surface area contributed by atoms with Crippen LogP contribution in [-0.2, 0) is 22.6 Å². The number of carbonyl (C=O) groups excluding carboxylic acids is 2. The maximum absolute atomic E-state index is 13.9. The first-order valence-electron chi connectivity index (χ1n) is 14.7. The van der Waals surface area contributed by atoms with E-state index in [9.17, 15) is 29.3 Å². The molecule has 2 aromatic carbocycles. The van der Waals surface area contributed by atoms with Gasteiger partial charge in [0, 0.05) is 30.6 Å². The van der Waals surface area contributed by atoms with Gasteiger partial charge in [0.1, 0.15) is 18.0 Å². The fourth-order valence-electron chi connectivity index (χ4n) is 6.58. The number of methoxy groups -OCH3 is 1. The molecule has 3 aliphatic rings. The average Bonchev–Trinajstić information content (AvgIpc) is 3.64. The second kappa shape index (κ2) is 13.2. The maximum atomic E-state index is 13.9. The van der Waals surface area contributed by atoms with Crippen molar-refractivity contribution in [3.8, 4) is 11.5 Å². The Bertz CT molecular complexity index is 1330. The summed E-state index contributed by atoms with van der Waals surface area (Å²) in [6.45, 7) is -0.278. The first-order valence-corrected chi connectivity index (χ1v) is 14.7. The molecule has 5 rings (SSSR count). The van der Waals surface area contributed by atoms with E-state index in [0.29, 0.717) is 46.6 Å². The number of hydrogen-bond acceptors (Lipinski definition) is 7. The first-order chi connectivity index (χ1) is 20.3. The van der Waals surface area contributed by atoms with Crippen molar-refractivity contribution in [2.24, 2.45) is 5.92 Å². The standard InChI is InChI=1S/C32H39FN2O7/c1-41-26-15-21(18-37)14-23-28-24(32(40)34-10-12-36)17-25(29(39)31(28)42-30(23)26)35(27(38)16-19-5-2-3-6-19)11-9-20-7-4-8-22(33)13-20/h4,7-8,13-15,17,19,25,28-29,31,36-37,39H,2-3,5-6,9-12,16,18H2,1H3,(H,34,40). The minimum atomic E-state index is -1.20. The molecular formula is C32H39FN2O7. The largest absolute Gasteiger partial charge is 0.493 e. The summed E-state index contributed by atoms with van der Waals surface area (Å²) >= 11 is 0. The van der Waals surface area contributed by atoms with Crippen molar-refractivity contribution >= 4 is 11.8 Å². The highest BCUT2D eigenvalue weighted by atomic mass is 19.1. The molecule has 2 aliphatic carbocycles. The molecule has 1 fully saturated rings. The summed E-state index contributed by atoms with van der Waals surface area (Å²) in [5.74, 6) is -0.656. The molecule has 0 spiro atoms. The highest BCUT2D eigenvalue weighted by molar-refractivity contribution is 5.96. The van der Waals surface area contributed by atoms with E-state index < -0.39 is 30.1 Å². The minimum Gasteiger partial charge on any atom is -0.493 e. The number of benzene rings is 2. The summed E-state index contributed by atoms with van der Waals surface area (Å²) in [7, 11) is 1.47. The van der Waals surface area contributed by atoms with Crippen molar-refractivity contribution in [3.05, 3.63) is 70.6 Å². The number of aliphatic hydroxyl groups is 3. The molecule has 1 heterocycles. The number of carbonyl (C=O) groups is 2. The predicted molar refractivity (Wildman–Crippen MR) is 152 cm³/mol. The fourth-order valence-corrected chi connectivity index (χ4v) is 6.58. The molecule has 10 heteroatoms. The summed E-state index contributed by atoms with van der Waals surface area (Å²) in [6, 6.07) is 8.70. The number of aliphatic hydroxyl groups excluding tert-OH is 3. The zero-order valence-corrected chi connectivity index (χ0v) is 23.8. The Morgan fingerprint density at radius 3 is 2.62 bits per heavy atom. The second-order valence-electron chi connectivity index (χ2n) is 11.3. The molecule has 0 aromatic heterocycles. The third-order valence-electron chi connectivity index (χ3n) is 8.64. The maximum Gasteiger partial charge on any atom is 0.247 e. The van der Waals surface area contributed by atoms with Crippen LogP contribution in [0, 0.1) is 11.7 Å².